The molecule has 128 valence electrons. The number of esters is 1. The van der Waals surface area contributed by atoms with Crippen LogP contribution in [0, 0.1) is 0 Å². The summed E-state index contributed by atoms with van der Waals surface area (Å²) >= 11 is 0.959. The zero-order valence-electron chi connectivity index (χ0n) is 14.1. The van der Waals surface area contributed by atoms with Crippen molar-refractivity contribution < 1.29 is 19.4 Å². The first-order valence-electron chi connectivity index (χ1n) is 7.19. The highest BCUT2D eigenvalue weighted by molar-refractivity contribution is 8.01. The molecule has 1 heterocycles. The van der Waals surface area contributed by atoms with Crippen LogP contribution in [0.5, 0.6) is 0 Å². The van der Waals surface area contributed by atoms with E-state index in [1.54, 1.807) is 45.3 Å². The van der Waals surface area contributed by atoms with Gasteiger partial charge in [0.05, 0.1) is 0 Å². The van der Waals surface area contributed by atoms with Crippen molar-refractivity contribution in [1.29, 1.82) is 0 Å². The zero-order valence-corrected chi connectivity index (χ0v) is 14.9. The summed E-state index contributed by atoms with van der Waals surface area (Å²) in [5, 5.41) is 9.79. The summed E-state index contributed by atoms with van der Waals surface area (Å²) in [6.07, 6.45) is 3.22. The van der Waals surface area contributed by atoms with E-state index in [4.69, 9.17) is 10.5 Å². The lowest BCUT2D eigenvalue weighted by Gasteiger charge is -2.39. The SMILES string of the molecule is CC(C)(C)OC(=O)[C@](SCc1ccncc1)(C(=O)O)C(C)(C)N. The smallest absolute Gasteiger partial charge is 0.336 e. The molecular weight excluding hydrogens is 316 g/mol. The number of hydrogen-bond donors (Lipinski definition) is 2. The molecule has 7 heteroatoms. The van der Waals surface area contributed by atoms with Gasteiger partial charge in [0.2, 0.25) is 4.75 Å². The van der Waals surface area contributed by atoms with Crippen molar-refractivity contribution in [3.63, 3.8) is 0 Å². The molecule has 0 aliphatic rings. The van der Waals surface area contributed by atoms with E-state index in [1.807, 2.05) is 0 Å². The third-order valence-corrected chi connectivity index (χ3v) is 4.88. The predicted octanol–water partition coefficient (Wildman–Crippen LogP) is 2.22. The first-order valence-corrected chi connectivity index (χ1v) is 8.17. The van der Waals surface area contributed by atoms with Gasteiger partial charge in [-0.3, -0.25) is 4.98 Å². The summed E-state index contributed by atoms with van der Waals surface area (Å²) in [7, 11) is 0. The zero-order chi connectivity index (χ0) is 17.9. The van der Waals surface area contributed by atoms with Crippen LogP contribution in [0.15, 0.2) is 24.5 Å². The standard InChI is InChI=1S/C16H24N2O4S/c1-14(2,3)22-13(21)16(12(19)20,15(4,5)17)23-10-11-6-8-18-9-7-11/h6-9H,10,17H2,1-5H3,(H,19,20)/t16-/m1/s1. The second-order valence-corrected chi connectivity index (χ2v) is 8.04. The largest absolute Gasteiger partial charge is 0.480 e. The average Bonchev–Trinajstić information content (AvgIpc) is 2.36. The highest BCUT2D eigenvalue weighted by Crippen LogP contribution is 2.39. The Hall–Kier alpha value is -1.60. The molecule has 0 bridgehead atoms. The van der Waals surface area contributed by atoms with Crippen molar-refractivity contribution in [3.8, 4) is 0 Å². The van der Waals surface area contributed by atoms with Gasteiger partial charge >= 0.3 is 11.9 Å². The van der Waals surface area contributed by atoms with E-state index in [0.717, 1.165) is 17.3 Å². The fraction of sp³-hybridized carbons (Fsp3) is 0.562. The lowest BCUT2D eigenvalue weighted by Crippen LogP contribution is -2.65. The second-order valence-electron chi connectivity index (χ2n) is 6.85. The maximum atomic E-state index is 12.7. The molecule has 0 spiro atoms. The molecule has 1 rings (SSSR count). The third kappa shape index (κ3) is 4.68. The van der Waals surface area contributed by atoms with Gasteiger partial charge in [-0.15, -0.1) is 11.8 Å². The molecule has 0 aromatic carbocycles. The van der Waals surface area contributed by atoms with Gasteiger partial charge in [-0.25, -0.2) is 9.59 Å². The van der Waals surface area contributed by atoms with Crippen LogP contribution < -0.4 is 5.73 Å². The molecule has 0 fully saturated rings. The second kappa shape index (κ2) is 6.88. The maximum Gasteiger partial charge on any atom is 0.336 e. The Bertz CT molecular complexity index is 564. The summed E-state index contributed by atoms with van der Waals surface area (Å²) in [6, 6.07) is 3.52. The van der Waals surface area contributed by atoms with E-state index in [-0.39, 0.29) is 0 Å². The molecule has 0 radical (unpaired) electrons. The fourth-order valence-corrected chi connectivity index (χ4v) is 3.18. The molecule has 0 aliphatic carbocycles. The van der Waals surface area contributed by atoms with E-state index in [0.29, 0.717) is 5.75 Å². The highest BCUT2D eigenvalue weighted by Gasteiger charge is 2.58. The topological polar surface area (TPSA) is 103 Å². The molecule has 0 unspecified atom stereocenters. The molecule has 1 aromatic heterocycles. The molecule has 6 nitrogen and oxygen atoms in total. The minimum absolute atomic E-state index is 0.300. The number of nitrogens with two attached hydrogens (primary N) is 1. The molecule has 3 N–H and O–H groups in total. The average molecular weight is 340 g/mol. The van der Waals surface area contributed by atoms with Crippen LogP contribution >= 0.6 is 11.8 Å². The van der Waals surface area contributed by atoms with E-state index in [9.17, 15) is 14.7 Å². The summed E-state index contributed by atoms with van der Waals surface area (Å²) in [5.74, 6) is -1.85. The lowest BCUT2D eigenvalue weighted by atomic mass is 9.87. The van der Waals surface area contributed by atoms with Gasteiger partial charge < -0.3 is 15.6 Å². The van der Waals surface area contributed by atoms with Gasteiger partial charge in [0.1, 0.15) is 5.60 Å². The Labute approximate surface area is 140 Å². The predicted molar refractivity (Wildman–Crippen MR) is 90.0 cm³/mol. The number of carbonyl (C=O) groups excluding carboxylic acids is 1. The van der Waals surface area contributed by atoms with Gasteiger partial charge in [-0.05, 0) is 52.3 Å². The van der Waals surface area contributed by atoms with Gasteiger partial charge in [0, 0.05) is 23.7 Å². The Kier molecular flexibility index (Phi) is 5.82. The number of ether oxygens (including phenoxy) is 1. The summed E-state index contributed by atoms with van der Waals surface area (Å²) in [5.41, 5.74) is 4.81. The van der Waals surface area contributed by atoms with Crippen molar-refractivity contribution in [3.05, 3.63) is 30.1 Å². The molecule has 0 saturated heterocycles. The van der Waals surface area contributed by atoms with Gasteiger partial charge in [0.25, 0.3) is 0 Å². The van der Waals surface area contributed by atoms with Crippen LogP contribution in [0.3, 0.4) is 0 Å². The number of carbonyl (C=O) groups is 2. The number of carboxylic acid groups (broad SMARTS) is 1. The van der Waals surface area contributed by atoms with Crippen molar-refractivity contribution >= 4 is 23.7 Å². The summed E-state index contributed by atoms with van der Waals surface area (Å²) in [6.45, 7) is 8.10. The summed E-state index contributed by atoms with van der Waals surface area (Å²) in [4.78, 5) is 28.6. The van der Waals surface area contributed by atoms with E-state index in [2.05, 4.69) is 4.98 Å². The molecule has 0 amide bonds. The minimum atomic E-state index is -1.91. The number of rotatable bonds is 6. The van der Waals surface area contributed by atoms with Gasteiger partial charge in [-0.2, -0.15) is 0 Å². The number of aromatic nitrogens is 1. The first-order chi connectivity index (χ1) is 10.4. The number of aliphatic carboxylic acids is 1. The molecule has 0 aliphatic heterocycles. The van der Waals surface area contributed by atoms with Crippen LogP contribution in [0.4, 0.5) is 0 Å². The Morgan fingerprint density at radius 1 is 1.22 bits per heavy atom. The quantitative estimate of drug-likeness (QED) is 0.604. The van der Waals surface area contributed by atoms with Gasteiger partial charge in [-0.1, -0.05) is 0 Å². The van der Waals surface area contributed by atoms with Crippen molar-refractivity contribution in [2.45, 2.75) is 56.3 Å². The number of nitrogens with zero attached hydrogens (tertiary/aromatic N) is 1. The molecule has 1 aromatic rings. The van der Waals surface area contributed by atoms with E-state index >= 15 is 0 Å². The Morgan fingerprint density at radius 2 is 1.74 bits per heavy atom. The Morgan fingerprint density at radius 3 is 2.13 bits per heavy atom. The minimum Gasteiger partial charge on any atom is -0.480 e. The molecular formula is C16H24N2O4S. The summed E-state index contributed by atoms with van der Waals surface area (Å²) < 4.78 is 3.43. The van der Waals surface area contributed by atoms with Crippen molar-refractivity contribution in [2.75, 3.05) is 0 Å². The number of pyridine rings is 1. The normalized spacial score (nSPS) is 14.9. The van der Waals surface area contributed by atoms with Crippen molar-refractivity contribution in [1.82, 2.24) is 4.98 Å². The maximum absolute atomic E-state index is 12.7. The lowest BCUT2D eigenvalue weighted by molar-refractivity contribution is -0.166. The van der Waals surface area contributed by atoms with E-state index < -0.39 is 27.8 Å². The van der Waals surface area contributed by atoms with Crippen LogP contribution in [-0.2, 0) is 20.1 Å². The monoisotopic (exact) mass is 340 g/mol. The Balaban J connectivity index is 3.19. The van der Waals surface area contributed by atoms with Crippen LogP contribution in [0.25, 0.3) is 0 Å². The fourth-order valence-electron chi connectivity index (χ4n) is 1.95. The van der Waals surface area contributed by atoms with Crippen LogP contribution in [0.2, 0.25) is 0 Å². The van der Waals surface area contributed by atoms with Crippen LogP contribution in [-0.4, -0.2) is 37.9 Å². The first kappa shape index (κ1) is 19.4. The number of thioether (sulfide) groups is 1. The highest BCUT2D eigenvalue weighted by atomic mass is 32.2. The van der Waals surface area contributed by atoms with E-state index in [1.165, 1.54) is 13.8 Å². The molecule has 23 heavy (non-hydrogen) atoms. The van der Waals surface area contributed by atoms with Crippen molar-refractivity contribution in [2.24, 2.45) is 5.73 Å². The molecule has 1 atom stereocenters. The van der Waals surface area contributed by atoms with Gasteiger partial charge in [0.15, 0.2) is 0 Å². The third-order valence-electron chi connectivity index (χ3n) is 3.10. The molecule has 0 saturated carbocycles. The van der Waals surface area contributed by atoms with Crippen LogP contribution in [0.1, 0.15) is 40.2 Å². The number of carboxylic acids is 1. The number of hydrogen-bond acceptors (Lipinski definition) is 6.